The highest BCUT2D eigenvalue weighted by Crippen LogP contribution is 2.42. The van der Waals surface area contributed by atoms with Crippen LogP contribution in [0.2, 0.25) is 0 Å². The number of carbonyl (C=O) groups excluding carboxylic acids is 1. The van der Waals surface area contributed by atoms with Crippen LogP contribution in [0.25, 0.3) is 4.85 Å². The van der Waals surface area contributed by atoms with E-state index in [-0.39, 0.29) is 30.4 Å². The first kappa shape index (κ1) is 14.7. The molecule has 1 aromatic rings. The van der Waals surface area contributed by atoms with Crippen LogP contribution in [0.1, 0.15) is 20.3 Å². The Bertz CT molecular complexity index is 686. The normalized spacial score (nSPS) is 27.5. The van der Waals surface area contributed by atoms with Gasteiger partial charge in [-0.05, 0) is 13.8 Å². The largest absolute Gasteiger partial charge is 0.473 e. The SMILES string of the molecule is [C-]#[N+][C@@H]1C[C@]2(CN1C(C)C)Oc1cc(F)cc(F)c1NC2=O. The smallest absolute Gasteiger partial charge is 0.284 e. The number of carbonyl (C=O) groups is 1. The molecular weight excluding hydrogens is 292 g/mol. The monoisotopic (exact) mass is 307 g/mol. The number of nitrogens with one attached hydrogen (secondary N) is 1. The summed E-state index contributed by atoms with van der Waals surface area (Å²) < 4.78 is 32.8. The van der Waals surface area contributed by atoms with Gasteiger partial charge in [0.15, 0.2) is 11.6 Å². The van der Waals surface area contributed by atoms with E-state index >= 15 is 0 Å². The van der Waals surface area contributed by atoms with Gasteiger partial charge < -0.3 is 10.1 Å². The van der Waals surface area contributed by atoms with Gasteiger partial charge in [0.25, 0.3) is 12.1 Å². The van der Waals surface area contributed by atoms with Crippen molar-refractivity contribution in [1.82, 2.24) is 4.90 Å². The summed E-state index contributed by atoms with van der Waals surface area (Å²) in [5.41, 5.74) is -1.44. The number of benzene rings is 1. The van der Waals surface area contributed by atoms with Crippen molar-refractivity contribution in [2.24, 2.45) is 0 Å². The van der Waals surface area contributed by atoms with Crippen LogP contribution in [0, 0.1) is 18.2 Å². The molecule has 0 aliphatic carbocycles. The molecule has 22 heavy (non-hydrogen) atoms. The minimum Gasteiger partial charge on any atom is -0.473 e. The van der Waals surface area contributed by atoms with Crippen LogP contribution in [-0.4, -0.2) is 35.2 Å². The van der Waals surface area contributed by atoms with Crippen LogP contribution in [0.15, 0.2) is 12.1 Å². The molecule has 0 radical (unpaired) electrons. The van der Waals surface area contributed by atoms with Crippen molar-refractivity contribution in [2.75, 3.05) is 11.9 Å². The van der Waals surface area contributed by atoms with Crippen LogP contribution < -0.4 is 10.1 Å². The van der Waals surface area contributed by atoms with Crippen molar-refractivity contribution in [1.29, 1.82) is 0 Å². The number of hydrogen-bond donors (Lipinski definition) is 1. The molecule has 3 rings (SSSR count). The molecule has 2 aliphatic rings. The van der Waals surface area contributed by atoms with Crippen molar-refractivity contribution >= 4 is 11.6 Å². The average molecular weight is 307 g/mol. The molecule has 1 fully saturated rings. The number of amides is 1. The Morgan fingerprint density at radius 2 is 2.23 bits per heavy atom. The zero-order valence-corrected chi connectivity index (χ0v) is 12.2. The van der Waals surface area contributed by atoms with E-state index in [2.05, 4.69) is 10.2 Å². The van der Waals surface area contributed by atoms with Crippen LogP contribution in [-0.2, 0) is 4.79 Å². The minimum absolute atomic E-state index is 0.0357. The zero-order valence-electron chi connectivity index (χ0n) is 12.2. The van der Waals surface area contributed by atoms with Crippen molar-refractivity contribution in [3.05, 3.63) is 35.2 Å². The topological polar surface area (TPSA) is 45.9 Å². The lowest BCUT2D eigenvalue weighted by Crippen LogP contribution is -2.53. The fourth-order valence-corrected chi connectivity index (χ4v) is 3.00. The first-order chi connectivity index (χ1) is 10.4. The predicted molar refractivity (Wildman–Crippen MR) is 75.2 cm³/mol. The highest BCUT2D eigenvalue weighted by Gasteiger charge is 2.57. The molecule has 1 saturated heterocycles. The van der Waals surface area contributed by atoms with E-state index in [0.29, 0.717) is 6.07 Å². The summed E-state index contributed by atoms with van der Waals surface area (Å²) in [4.78, 5) is 17.8. The molecule has 0 unspecified atom stereocenters. The number of rotatable bonds is 1. The molecule has 1 N–H and O–H groups in total. The number of nitrogens with zero attached hydrogens (tertiary/aromatic N) is 2. The first-order valence-electron chi connectivity index (χ1n) is 6.98. The Balaban J connectivity index is 2.00. The first-order valence-corrected chi connectivity index (χ1v) is 6.98. The number of ether oxygens (including phenoxy) is 1. The summed E-state index contributed by atoms with van der Waals surface area (Å²) in [6, 6.07) is 1.79. The van der Waals surface area contributed by atoms with Gasteiger partial charge in [-0.15, -0.1) is 0 Å². The maximum absolute atomic E-state index is 13.7. The van der Waals surface area contributed by atoms with Crippen LogP contribution in [0.5, 0.6) is 5.75 Å². The van der Waals surface area contributed by atoms with E-state index < -0.39 is 29.3 Å². The Hall–Kier alpha value is -2.20. The molecule has 7 heteroatoms. The molecule has 116 valence electrons. The van der Waals surface area contributed by atoms with E-state index in [4.69, 9.17) is 11.3 Å². The molecule has 5 nitrogen and oxygen atoms in total. The third kappa shape index (κ3) is 2.11. The fourth-order valence-electron chi connectivity index (χ4n) is 3.00. The van der Waals surface area contributed by atoms with Gasteiger partial charge >= 0.3 is 0 Å². The maximum atomic E-state index is 13.7. The second-order valence-electron chi connectivity index (χ2n) is 5.89. The third-order valence-corrected chi connectivity index (χ3v) is 4.12. The number of fused-ring (bicyclic) bond motifs is 1. The molecule has 1 aromatic carbocycles. The predicted octanol–water partition coefficient (Wildman–Crippen LogP) is 2.39. The summed E-state index contributed by atoms with van der Waals surface area (Å²) in [5.74, 6) is -2.18. The average Bonchev–Trinajstić information content (AvgIpc) is 2.81. The molecule has 2 aliphatic heterocycles. The minimum atomic E-state index is -1.28. The molecule has 2 heterocycles. The maximum Gasteiger partial charge on any atom is 0.284 e. The second kappa shape index (κ2) is 4.92. The lowest BCUT2D eigenvalue weighted by Gasteiger charge is -2.34. The summed E-state index contributed by atoms with van der Waals surface area (Å²) in [6.07, 6.45) is -0.330. The van der Waals surface area contributed by atoms with Gasteiger partial charge in [-0.3, -0.25) is 9.64 Å². The van der Waals surface area contributed by atoms with Gasteiger partial charge in [0.2, 0.25) is 5.60 Å². The lowest BCUT2D eigenvalue weighted by atomic mass is 9.98. The van der Waals surface area contributed by atoms with E-state index in [0.717, 1.165) is 6.07 Å². The van der Waals surface area contributed by atoms with Gasteiger partial charge in [-0.2, -0.15) is 0 Å². The molecule has 0 bridgehead atoms. The Labute approximate surface area is 126 Å². The van der Waals surface area contributed by atoms with Crippen LogP contribution >= 0.6 is 0 Å². The van der Waals surface area contributed by atoms with Gasteiger partial charge in [0.05, 0.1) is 13.0 Å². The number of halogens is 2. The van der Waals surface area contributed by atoms with E-state index in [1.54, 1.807) is 0 Å². The summed E-state index contributed by atoms with van der Waals surface area (Å²) >= 11 is 0. The quantitative estimate of drug-likeness (QED) is 0.810. The number of likely N-dealkylation sites (tertiary alicyclic amines) is 1. The van der Waals surface area contributed by atoms with E-state index in [1.807, 2.05) is 18.7 Å². The van der Waals surface area contributed by atoms with Crippen molar-refractivity contribution in [3.8, 4) is 5.75 Å². The molecule has 1 amide bonds. The number of hydrogen-bond acceptors (Lipinski definition) is 3. The standard InChI is InChI=1S/C15H15F2N3O2/c1-8(2)20-7-15(6-12(20)18-3)14(21)19-13-10(17)4-9(16)5-11(13)22-15/h4-5,8,12H,6-7H2,1-2H3,(H,19,21)/t12-,15+/m0/s1. The third-order valence-electron chi connectivity index (χ3n) is 4.12. The lowest BCUT2D eigenvalue weighted by molar-refractivity contribution is -0.131. The highest BCUT2D eigenvalue weighted by atomic mass is 19.1. The molecule has 0 aromatic heterocycles. The molecule has 1 spiro atoms. The van der Waals surface area contributed by atoms with Crippen molar-refractivity contribution in [2.45, 2.75) is 38.1 Å². The summed E-state index contributed by atoms with van der Waals surface area (Å²) in [6.45, 7) is 11.3. The van der Waals surface area contributed by atoms with Gasteiger partial charge in [0, 0.05) is 18.2 Å². The van der Waals surface area contributed by atoms with Gasteiger partial charge in [-0.1, -0.05) is 0 Å². The second-order valence-corrected chi connectivity index (χ2v) is 5.89. The van der Waals surface area contributed by atoms with Crippen molar-refractivity contribution < 1.29 is 18.3 Å². The molecular formula is C15H15F2N3O2. The van der Waals surface area contributed by atoms with Gasteiger partial charge in [0.1, 0.15) is 11.5 Å². The van der Waals surface area contributed by atoms with Gasteiger partial charge in [-0.25, -0.2) is 20.3 Å². The summed E-state index contributed by atoms with van der Waals surface area (Å²) in [7, 11) is 0. The van der Waals surface area contributed by atoms with E-state index in [9.17, 15) is 13.6 Å². The zero-order chi connectivity index (χ0) is 16.1. The van der Waals surface area contributed by atoms with Crippen LogP contribution in [0.3, 0.4) is 0 Å². The van der Waals surface area contributed by atoms with E-state index in [1.165, 1.54) is 0 Å². The Kier molecular flexibility index (Phi) is 3.29. The Morgan fingerprint density at radius 1 is 1.50 bits per heavy atom. The fraction of sp³-hybridized carbons (Fsp3) is 0.467. The highest BCUT2D eigenvalue weighted by molar-refractivity contribution is 6.01. The van der Waals surface area contributed by atoms with Crippen LogP contribution in [0.4, 0.5) is 14.5 Å². The summed E-state index contributed by atoms with van der Waals surface area (Å²) in [5, 5.41) is 2.46. The molecule has 2 atom stereocenters. The molecule has 0 saturated carbocycles. The number of anilines is 1. The Morgan fingerprint density at radius 3 is 2.82 bits per heavy atom. The van der Waals surface area contributed by atoms with Crippen molar-refractivity contribution in [3.63, 3.8) is 0 Å².